The van der Waals surface area contributed by atoms with Gasteiger partial charge in [-0.25, -0.2) is 4.79 Å². The number of benzene rings is 1. The first-order valence-electron chi connectivity index (χ1n) is 7.42. The highest BCUT2D eigenvalue weighted by atomic mass is 32.1. The molecule has 0 bridgehead atoms. The maximum Gasteiger partial charge on any atom is 0.337 e. The van der Waals surface area contributed by atoms with Gasteiger partial charge in [-0.05, 0) is 42.4 Å². The van der Waals surface area contributed by atoms with E-state index < -0.39 is 0 Å². The number of ether oxygens (including phenoxy) is 2. The number of nitrogens with zero attached hydrogens (tertiary/aromatic N) is 1. The third kappa shape index (κ3) is 3.16. The Kier molecular flexibility index (Phi) is 4.49. The van der Waals surface area contributed by atoms with Crippen LogP contribution in [0.15, 0.2) is 24.4 Å². The Morgan fingerprint density at radius 1 is 1.57 bits per heavy atom. The van der Waals surface area contributed by atoms with E-state index in [9.17, 15) is 4.79 Å². The van der Waals surface area contributed by atoms with E-state index in [4.69, 9.17) is 27.4 Å². The van der Waals surface area contributed by atoms with Crippen LogP contribution in [0.4, 0.5) is 0 Å². The number of nitrogens with two attached hydrogens (primary N) is 1. The summed E-state index contributed by atoms with van der Waals surface area (Å²) in [6.45, 7) is 1.92. The topological polar surface area (TPSA) is 80.6 Å². The number of H-pyrrole nitrogens is 1. The molecule has 1 aromatic heterocycles. The molecule has 23 heavy (non-hydrogen) atoms. The fourth-order valence-electron chi connectivity index (χ4n) is 2.96. The van der Waals surface area contributed by atoms with Gasteiger partial charge in [0.1, 0.15) is 0 Å². The molecule has 2 heterocycles. The SMILES string of the molecule is COC(=O)c1ccc2[nH]cc(C[C@H]3COCCN3C(N)=S)c2c1. The van der Waals surface area contributed by atoms with E-state index in [2.05, 4.69) is 4.98 Å². The Hall–Kier alpha value is -2.12. The summed E-state index contributed by atoms with van der Waals surface area (Å²) in [6.07, 6.45) is 2.69. The van der Waals surface area contributed by atoms with Crippen molar-refractivity contribution in [3.63, 3.8) is 0 Å². The van der Waals surface area contributed by atoms with Crippen molar-refractivity contribution in [1.82, 2.24) is 9.88 Å². The molecule has 0 unspecified atom stereocenters. The molecule has 1 atom stereocenters. The normalized spacial score (nSPS) is 18.1. The lowest BCUT2D eigenvalue weighted by atomic mass is 10.0. The number of aromatic amines is 1. The molecule has 7 heteroatoms. The predicted molar refractivity (Wildman–Crippen MR) is 91.4 cm³/mol. The summed E-state index contributed by atoms with van der Waals surface area (Å²) in [5, 5.41) is 1.40. The first-order chi connectivity index (χ1) is 11.1. The van der Waals surface area contributed by atoms with E-state index in [1.807, 2.05) is 23.2 Å². The summed E-state index contributed by atoms with van der Waals surface area (Å²) in [5.41, 5.74) is 8.43. The van der Waals surface area contributed by atoms with Crippen LogP contribution in [0.1, 0.15) is 15.9 Å². The highest BCUT2D eigenvalue weighted by Gasteiger charge is 2.25. The Balaban J connectivity index is 1.90. The predicted octanol–water partition coefficient (Wildman–Crippen LogP) is 1.44. The molecule has 1 aromatic carbocycles. The van der Waals surface area contributed by atoms with Crippen LogP contribution in [0.2, 0.25) is 0 Å². The monoisotopic (exact) mass is 333 g/mol. The maximum atomic E-state index is 11.7. The van der Waals surface area contributed by atoms with Gasteiger partial charge in [0.2, 0.25) is 0 Å². The molecule has 0 spiro atoms. The molecule has 6 nitrogen and oxygen atoms in total. The zero-order valence-electron chi connectivity index (χ0n) is 12.9. The number of aromatic nitrogens is 1. The molecule has 0 aliphatic carbocycles. The van der Waals surface area contributed by atoms with Crippen molar-refractivity contribution in [2.45, 2.75) is 12.5 Å². The van der Waals surface area contributed by atoms with Crippen LogP contribution in [0.3, 0.4) is 0 Å². The Morgan fingerprint density at radius 2 is 2.39 bits per heavy atom. The van der Waals surface area contributed by atoms with Crippen molar-refractivity contribution in [3.8, 4) is 0 Å². The zero-order valence-corrected chi connectivity index (χ0v) is 13.7. The molecule has 1 aliphatic heterocycles. The number of nitrogens with one attached hydrogen (secondary N) is 1. The van der Waals surface area contributed by atoms with Gasteiger partial charge in [0, 0.05) is 23.6 Å². The highest BCUT2D eigenvalue weighted by molar-refractivity contribution is 7.80. The van der Waals surface area contributed by atoms with Gasteiger partial charge >= 0.3 is 5.97 Å². The smallest absolute Gasteiger partial charge is 0.337 e. The molecule has 122 valence electrons. The average molecular weight is 333 g/mol. The van der Waals surface area contributed by atoms with Gasteiger partial charge in [-0.3, -0.25) is 0 Å². The molecular formula is C16H19N3O3S. The summed E-state index contributed by atoms with van der Waals surface area (Å²) in [7, 11) is 1.38. The van der Waals surface area contributed by atoms with E-state index in [0.29, 0.717) is 30.4 Å². The number of esters is 1. The van der Waals surface area contributed by atoms with E-state index >= 15 is 0 Å². The number of methoxy groups -OCH3 is 1. The number of hydrogen-bond acceptors (Lipinski definition) is 4. The fraction of sp³-hybridized carbons (Fsp3) is 0.375. The lowest BCUT2D eigenvalue weighted by molar-refractivity contribution is 0.0274. The minimum Gasteiger partial charge on any atom is -0.465 e. The zero-order chi connectivity index (χ0) is 16.4. The van der Waals surface area contributed by atoms with Gasteiger partial charge in [-0.2, -0.15) is 0 Å². The van der Waals surface area contributed by atoms with Crippen LogP contribution in [-0.2, 0) is 15.9 Å². The Morgan fingerprint density at radius 3 is 3.13 bits per heavy atom. The first kappa shape index (κ1) is 15.8. The van der Waals surface area contributed by atoms with Crippen LogP contribution >= 0.6 is 12.2 Å². The van der Waals surface area contributed by atoms with Crippen LogP contribution in [0.5, 0.6) is 0 Å². The largest absolute Gasteiger partial charge is 0.465 e. The molecule has 3 N–H and O–H groups in total. The second kappa shape index (κ2) is 6.55. The highest BCUT2D eigenvalue weighted by Crippen LogP contribution is 2.23. The second-order valence-electron chi connectivity index (χ2n) is 5.53. The molecule has 0 radical (unpaired) electrons. The van der Waals surface area contributed by atoms with Crippen LogP contribution in [0.25, 0.3) is 10.9 Å². The van der Waals surface area contributed by atoms with Gasteiger partial charge < -0.3 is 25.1 Å². The molecular weight excluding hydrogens is 314 g/mol. The summed E-state index contributed by atoms with van der Waals surface area (Å²) >= 11 is 5.13. The molecule has 1 saturated heterocycles. The summed E-state index contributed by atoms with van der Waals surface area (Å²) < 4.78 is 10.4. The summed E-state index contributed by atoms with van der Waals surface area (Å²) in [4.78, 5) is 17.0. The third-order valence-electron chi connectivity index (χ3n) is 4.15. The van der Waals surface area contributed by atoms with Gasteiger partial charge in [-0.1, -0.05) is 0 Å². The summed E-state index contributed by atoms with van der Waals surface area (Å²) in [5.74, 6) is -0.343. The standard InChI is InChI=1S/C16H19N3O3S/c1-21-15(20)10-2-3-14-13(7-10)11(8-18-14)6-12-9-22-5-4-19(12)16(17)23/h2-3,7-8,12,18H,4-6,9H2,1H3,(H2,17,23)/t12-/m0/s1. The van der Waals surface area contributed by atoms with Crippen molar-refractivity contribution >= 4 is 34.2 Å². The molecule has 3 rings (SSSR count). The first-order valence-corrected chi connectivity index (χ1v) is 7.83. The van der Waals surface area contributed by atoms with Gasteiger partial charge in [0.15, 0.2) is 5.11 Å². The van der Waals surface area contributed by atoms with Crippen LogP contribution in [-0.4, -0.2) is 53.9 Å². The fourth-order valence-corrected chi connectivity index (χ4v) is 3.20. The van der Waals surface area contributed by atoms with Crippen molar-refractivity contribution in [1.29, 1.82) is 0 Å². The number of carbonyl (C=O) groups excluding carboxylic acids is 1. The Labute approximate surface area is 139 Å². The molecule has 2 aromatic rings. The molecule has 0 amide bonds. The number of rotatable bonds is 3. The van der Waals surface area contributed by atoms with Gasteiger partial charge in [-0.15, -0.1) is 0 Å². The summed E-state index contributed by atoms with van der Waals surface area (Å²) in [6, 6.07) is 5.58. The minimum atomic E-state index is -0.343. The Bertz CT molecular complexity index is 743. The quantitative estimate of drug-likeness (QED) is 0.653. The molecule has 1 fully saturated rings. The number of hydrogen-bond donors (Lipinski definition) is 2. The number of morpholine rings is 1. The third-order valence-corrected chi connectivity index (χ3v) is 4.39. The van der Waals surface area contributed by atoms with E-state index in [-0.39, 0.29) is 12.0 Å². The molecule has 1 aliphatic rings. The number of carbonyl (C=O) groups is 1. The average Bonchev–Trinajstić information content (AvgIpc) is 2.96. The van der Waals surface area contributed by atoms with Crippen LogP contribution < -0.4 is 5.73 Å². The van der Waals surface area contributed by atoms with Crippen molar-refractivity contribution in [2.75, 3.05) is 26.9 Å². The van der Waals surface area contributed by atoms with Gasteiger partial charge in [0.05, 0.1) is 31.9 Å². The van der Waals surface area contributed by atoms with E-state index in [1.54, 1.807) is 6.07 Å². The number of thiocarbonyl (C=S) groups is 1. The number of fused-ring (bicyclic) bond motifs is 1. The van der Waals surface area contributed by atoms with Gasteiger partial charge in [0.25, 0.3) is 0 Å². The van der Waals surface area contributed by atoms with E-state index in [1.165, 1.54) is 7.11 Å². The maximum absolute atomic E-state index is 11.7. The van der Waals surface area contributed by atoms with E-state index in [0.717, 1.165) is 22.9 Å². The minimum absolute atomic E-state index is 0.0991. The second-order valence-corrected chi connectivity index (χ2v) is 5.95. The van der Waals surface area contributed by atoms with Crippen molar-refractivity contribution < 1.29 is 14.3 Å². The lowest BCUT2D eigenvalue weighted by Gasteiger charge is -2.36. The lowest BCUT2D eigenvalue weighted by Crippen LogP contribution is -2.51. The van der Waals surface area contributed by atoms with Crippen molar-refractivity contribution in [3.05, 3.63) is 35.5 Å². The van der Waals surface area contributed by atoms with Crippen molar-refractivity contribution in [2.24, 2.45) is 5.73 Å². The van der Waals surface area contributed by atoms with Crippen LogP contribution in [0, 0.1) is 0 Å². The molecule has 0 saturated carbocycles.